The Labute approximate surface area is 106 Å². The lowest BCUT2D eigenvalue weighted by molar-refractivity contribution is 0.0466. The van der Waals surface area contributed by atoms with Gasteiger partial charge >= 0.3 is 0 Å². The summed E-state index contributed by atoms with van der Waals surface area (Å²) in [6, 6.07) is 10.3. The van der Waals surface area contributed by atoms with Crippen molar-refractivity contribution in [2.24, 2.45) is 5.73 Å². The van der Waals surface area contributed by atoms with E-state index in [4.69, 9.17) is 10.5 Å². The van der Waals surface area contributed by atoms with E-state index in [1.165, 1.54) is 11.1 Å². The minimum atomic E-state index is 0.130. The zero-order valence-corrected chi connectivity index (χ0v) is 10.2. The van der Waals surface area contributed by atoms with E-state index in [9.17, 15) is 0 Å². The van der Waals surface area contributed by atoms with Crippen LogP contribution in [0.3, 0.4) is 0 Å². The summed E-state index contributed by atoms with van der Waals surface area (Å²) >= 11 is 0. The number of rotatable bonds is 2. The average molecular weight is 243 g/mol. The molecule has 0 spiro atoms. The van der Waals surface area contributed by atoms with Crippen LogP contribution < -0.4 is 10.6 Å². The molecule has 1 aromatic carbocycles. The fraction of sp³-hybridized carbons (Fsp3) is 0.357. The van der Waals surface area contributed by atoms with Crippen LogP contribution in [0.1, 0.15) is 0 Å². The number of nitrogens with zero attached hydrogens (tertiary/aromatic N) is 2. The molecule has 1 atom stereocenters. The zero-order chi connectivity index (χ0) is 12.4. The fourth-order valence-electron chi connectivity index (χ4n) is 2.44. The Hall–Kier alpha value is -1.65. The molecule has 1 aromatic heterocycles. The quantitative estimate of drug-likeness (QED) is 0.866. The molecule has 0 saturated carbocycles. The number of benzene rings is 1. The number of nitrogens with two attached hydrogens (primary N) is 1. The lowest BCUT2D eigenvalue weighted by Crippen LogP contribution is -2.45. The van der Waals surface area contributed by atoms with Crippen molar-refractivity contribution in [2.45, 2.75) is 6.10 Å². The monoisotopic (exact) mass is 243 g/mol. The van der Waals surface area contributed by atoms with Gasteiger partial charge in [0, 0.05) is 36.9 Å². The van der Waals surface area contributed by atoms with Gasteiger partial charge in [-0.25, -0.2) is 0 Å². The Morgan fingerprint density at radius 1 is 1.33 bits per heavy atom. The first-order chi connectivity index (χ1) is 8.88. The van der Waals surface area contributed by atoms with Gasteiger partial charge in [-0.2, -0.15) is 0 Å². The van der Waals surface area contributed by atoms with Crippen LogP contribution in [-0.2, 0) is 4.74 Å². The standard InChI is InChI=1S/C14H17N3O/c15-9-11-10-17(7-8-18-11)14-5-6-16-13-4-2-1-3-12(13)14/h1-6,11H,7-10,15H2. The van der Waals surface area contributed by atoms with E-state index in [1.54, 1.807) is 0 Å². The van der Waals surface area contributed by atoms with E-state index in [2.05, 4.69) is 22.0 Å². The molecule has 1 saturated heterocycles. The van der Waals surface area contributed by atoms with Crippen molar-refractivity contribution in [2.75, 3.05) is 31.1 Å². The Morgan fingerprint density at radius 2 is 2.22 bits per heavy atom. The molecule has 18 heavy (non-hydrogen) atoms. The van der Waals surface area contributed by atoms with Crippen molar-refractivity contribution >= 4 is 16.6 Å². The largest absolute Gasteiger partial charge is 0.373 e. The highest BCUT2D eigenvalue weighted by Crippen LogP contribution is 2.26. The molecule has 1 aliphatic heterocycles. The second-order valence-corrected chi connectivity index (χ2v) is 4.52. The van der Waals surface area contributed by atoms with Crippen LogP contribution in [0.25, 0.3) is 10.9 Å². The first kappa shape index (κ1) is 11.4. The number of morpholine rings is 1. The van der Waals surface area contributed by atoms with Crippen LogP contribution >= 0.6 is 0 Å². The Kier molecular flexibility index (Phi) is 3.13. The first-order valence-electron chi connectivity index (χ1n) is 6.29. The van der Waals surface area contributed by atoms with Crippen LogP contribution in [0.5, 0.6) is 0 Å². The molecule has 4 heteroatoms. The zero-order valence-electron chi connectivity index (χ0n) is 10.2. The van der Waals surface area contributed by atoms with Gasteiger partial charge in [-0.3, -0.25) is 4.98 Å². The van der Waals surface area contributed by atoms with Gasteiger partial charge in [-0.05, 0) is 12.1 Å². The maximum Gasteiger partial charge on any atom is 0.0872 e. The van der Waals surface area contributed by atoms with Crippen LogP contribution in [-0.4, -0.2) is 37.3 Å². The number of hydrogen-bond acceptors (Lipinski definition) is 4. The first-order valence-corrected chi connectivity index (χ1v) is 6.29. The normalized spacial score (nSPS) is 20.3. The highest BCUT2D eigenvalue weighted by Gasteiger charge is 2.20. The molecular weight excluding hydrogens is 226 g/mol. The minimum Gasteiger partial charge on any atom is -0.373 e. The maximum absolute atomic E-state index is 5.69. The third-order valence-corrected chi connectivity index (χ3v) is 3.37. The summed E-state index contributed by atoms with van der Waals surface area (Å²) < 4.78 is 5.61. The molecule has 1 unspecified atom stereocenters. The predicted octanol–water partition coefficient (Wildman–Crippen LogP) is 1.40. The van der Waals surface area contributed by atoms with Crippen molar-refractivity contribution in [3.05, 3.63) is 36.5 Å². The second kappa shape index (κ2) is 4.92. The Balaban J connectivity index is 1.98. The van der Waals surface area contributed by atoms with Crippen molar-refractivity contribution in [3.63, 3.8) is 0 Å². The van der Waals surface area contributed by atoms with Crippen molar-refractivity contribution in [1.82, 2.24) is 4.98 Å². The van der Waals surface area contributed by atoms with Crippen LogP contribution in [0.4, 0.5) is 5.69 Å². The van der Waals surface area contributed by atoms with Crippen LogP contribution in [0.2, 0.25) is 0 Å². The lowest BCUT2D eigenvalue weighted by atomic mass is 10.1. The van der Waals surface area contributed by atoms with Crippen molar-refractivity contribution in [1.29, 1.82) is 0 Å². The van der Waals surface area contributed by atoms with Gasteiger partial charge in [-0.15, -0.1) is 0 Å². The highest BCUT2D eigenvalue weighted by atomic mass is 16.5. The molecule has 2 heterocycles. The summed E-state index contributed by atoms with van der Waals surface area (Å²) in [7, 11) is 0. The molecule has 1 fully saturated rings. The molecule has 0 radical (unpaired) electrons. The number of ether oxygens (including phenoxy) is 1. The van der Waals surface area contributed by atoms with E-state index < -0.39 is 0 Å². The van der Waals surface area contributed by atoms with Gasteiger partial charge in [0.05, 0.1) is 18.2 Å². The summed E-state index contributed by atoms with van der Waals surface area (Å²) in [5, 5.41) is 1.19. The van der Waals surface area contributed by atoms with E-state index in [-0.39, 0.29) is 6.10 Å². The Morgan fingerprint density at radius 3 is 3.11 bits per heavy atom. The minimum absolute atomic E-state index is 0.130. The number of aromatic nitrogens is 1. The van der Waals surface area contributed by atoms with Crippen molar-refractivity contribution in [3.8, 4) is 0 Å². The molecule has 2 aromatic rings. The summed E-state index contributed by atoms with van der Waals surface area (Å²) in [4.78, 5) is 6.73. The molecule has 0 amide bonds. The second-order valence-electron chi connectivity index (χ2n) is 4.52. The van der Waals surface area contributed by atoms with Gasteiger partial charge in [0.25, 0.3) is 0 Å². The smallest absolute Gasteiger partial charge is 0.0872 e. The van der Waals surface area contributed by atoms with Gasteiger partial charge in [0.15, 0.2) is 0 Å². The molecular formula is C14H17N3O. The van der Waals surface area contributed by atoms with Crippen molar-refractivity contribution < 1.29 is 4.74 Å². The van der Waals surface area contributed by atoms with E-state index in [0.29, 0.717) is 6.54 Å². The summed E-state index contributed by atoms with van der Waals surface area (Å²) in [5.41, 5.74) is 7.95. The number of pyridine rings is 1. The number of fused-ring (bicyclic) bond motifs is 1. The third-order valence-electron chi connectivity index (χ3n) is 3.37. The number of para-hydroxylation sites is 1. The molecule has 0 bridgehead atoms. The topological polar surface area (TPSA) is 51.4 Å². The predicted molar refractivity (Wildman–Crippen MR) is 72.8 cm³/mol. The molecule has 94 valence electrons. The molecule has 4 nitrogen and oxygen atoms in total. The molecule has 3 rings (SSSR count). The maximum atomic E-state index is 5.69. The van der Waals surface area contributed by atoms with Crippen LogP contribution in [0.15, 0.2) is 36.5 Å². The average Bonchev–Trinajstić information content (AvgIpc) is 2.47. The molecule has 0 aliphatic carbocycles. The van der Waals surface area contributed by atoms with Crippen LogP contribution in [0, 0.1) is 0 Å². The van der Waals surface area contributed by atoms with E-state index in [1.807, 2.05) is 24.4 Å². The summed E-state index contributed by atoms with van der Waals surface area (Å²) in [6.45, 7) is 3.06. The SMILES string of the molecule is NCC1CN(c2ccnc3ccccc23)CCO1. The van der Waals surface area contributed by atoms with Gasteiger partial charge < -0.3 is 15.4 Å². The van der Waals surface area contributed by atoms with E-state index >= 15 is 0 Å². The van der Waals surface area contributed by atoms with Gasteiger partial charge in [-0.1, -0.05) is 18.2 Å². The molecule has 2 N–H and O–H groups in total. The summed E-state index contributed by atoms with van der Waals surface area (Å²) in [5.74, 6) is 0. The van der Waals surface area contributed by atoms with E-state index in [0.717, 1.165) is 25.2 Å². The lowest BCUT2D eigenvalue weighted by Gasteiger charge is -2.34. The van der Waals surface area contributed by atoms with Gasteiger partial charge in [0.2, 0.25) is 0 Å². The fourth-order valence-corrected chi connectivity index (χ4v) is 2.44. The third kappa shape index (κ3) is 2.05. The van der Waals surface area contributed by atoms with Gasteiger partial charge in [0.1, 0.15) is 0 Å². The highest BCUT2D eigenvalue weighted by molar-refractivity contribution is 5.91. The number of anilines is 1. The Bertz CT molecular complexity index is 538. The molecule has 1 aliphatic rings. The summed E-state index contributed by atoms with van der Waals surface area (Å²) in [6.07, 6.45) is 2.00. The number of hydrogen-bond donors (Lipinski definition) is 1.